The van der Waals surface area contributed by atoms with Crippen molar-refractivity contribution in [2.24, 2.45) is 0 Å². The molecule has 0 saturated heterocycles. The van der Waals surface area contributed by atoms with Gasteiger partial charge in [0.25, 0.3) is 5.91 Å². The third kappa shape index (κ3) is 5.04. The van der Waals surface area contributed by atoms with Crippen molar-refractivity contribution in [3.63, 3.8) is 0 Å². The van der Waals surface area contributed by atoms with E-state index in [4.69, 9.17) is 32.7 Å². The van der Waals surface area contributed by atoms with Crippen molar-refractivity contribution >= 4 is 29.1 Å². The number of fused-ring (bicyclic) bond motifs is 1. The van der Waals surface area contributed by atoms with E-state index in [0.717, 1.165) is 39.3 Å². The molecule has 1 atom stereocenters. The van der Waals surface area contributed by atoms with Crippen molar-refractivity contribution in [2.45, 2.75) is 19.2 Å². The third-order valence-corrected chi connectivity index (χ3v) is 7.66. The molecule has 1 aliphatic heterocycles. The van der Waals surface area contributed by atoms with Crippen LogP contribution in [-0.4, -0.2) is 28.1 Å². The minimum Gasteiger partial charge on any atom is -0.497 e. The molecular formula is C32H25Cl2N3O3. The van der Waals surface area contributed by atoms with Gasteiger partial charge in [-0.1, -0.05) is 65.7 Å². The Kier molecular flexibility index (Phi) is 7.20. The number of nitrogens with one attached hydrogen (secondary N) is 1. The van der Waals surface area contributed by atoms with E-state index in [1.807, 2.05) is 102 Å². The fourth-order valence-electron chi connectivity index (χ4n) is 4.98. The molecule has 200 valence electrons. The van der Waals surface area contributed by atoms with Crippen LogP contribution in [0.1, 0.15) is 38.8 Å². The fraction of sp³-hybridized carbons (Fsp3) is 0.125. The Morgan fingerprint density at radius 3 is 2.27 bits per heavy atom. The summed E-state index contributed by atoms with van der Waals surface area (Å²) in [4.78, 5) is 15.6. The Bertz CT molecular complexity index is 1650. The van der Waals surface area contributed by atoms with Crippen LogP contribution in [-0.2, 0) is 13.2 Å². The largest absolute Gasteiger partial charge is 0.497 e. The van der Waals surface area contributed by atoms with E-state index in [9.17, 15) is 4.79 Å². The van der Waals surface area contributed by atoms with Gasteiger partial charge in [-0.15, -0.1) is 0 Å². The van der Waals surface area contributed by atoms with Gasteiger partial charge in [-0.25, -0.2) is 0 Å². The number of aromatic nitrogens is 2. The first-order valence-electron chi connectivity index (χ1n) is 12.8. The molecule has 40 heavy (non-hydrogen) atoms. The monoisotopic (exact) mass is 569 g/mol. The number of rotatable bonds is 8. The number of H-pyrrole nitrogens is 1. The molecular weight excluding hydrogens is 545 g/mol. The predicted molar refractivity (Wildman–Crippen MR) is 156 cm³/mol. The Labute approximate surface area is 242 Å². The topological polar surface area (TPSA) is 67.5 Å². The molecule has 1 N–H and O–H groups in total. The van der Waals surface area contributed by atoms with Crippen LogP contribution in [0, 0.1) is 0 Å². The van der Waals surface area contributed by atoms with Gasteiger partial charge < -0.3 is 14.4 Å². The second-order valence-electron chi connectivity index (χ2n) is 9.50. The van der Waals surface area contributed by atoms with E-state index >= 15 is 0 Å². The third-order valence-electron chi connectivity index (χ3n) is 7.04. The van der Waals surface area contributed by atoms with Crippen LogP contribution in [0.4, 0.5) is 0 Å². The highest BCUT2D eigenvalue weighted by Crippen LogP contribution is 2.44. The lowest BCUT2D eigenvalue weighted by Gasteiger charge is -2.27. The van der Waals surface area contributed by atoms with E-state index in [2.05, 4.69) is 10.2 Å². The number of carbonyl (C=O) groups excluding carboxylic acids is 1. The molecule has 1 aliphatic rings. The molecule has 0 fully saturated rings. The van der Waals surface area contributed by atoms with Crippen molar-refractivity contribution < 1.29 is 14.3 Å². The zero-order valence-corrected chi connectivity index (χ0v) is 23.1. The van der Waals surface area contributed by atoms with Gasteiger partial charge in [0, 0.05) is 33.3 Å². The van der Waals surface area contributed by atoms with E-state index in [-0.39, 0.29) is 11.9 Å². The number of hydrogen-bond acceptors (Lipinski definition) is 4. The van der Waals surface area contributed by atoms with Crippen LogP contribution < -0.4 is 9.47 Å². The highest BCUT2D eigenvalue weighted by Gasteiger charge is 2.42. The number of hydrogen-bond donors (Lipinski definition) is 1. The van der Waals surface area contributed by atoms with Crippen molar-refractivity contribution in [2.75, 3.05) is 7.11 Å². The van der Waals surface area contributed by atoms with Crippen LogP contribution >= 0.6 is 23.2 Å². The summed E-state index contributed by atoms with van der Waals surface area (Å²) < 4.78 is 11.3. The van der Waals surface area contributed by atoms with Crippen molar-refractivity contribution in [3.05, 3.63) is 135 Å². The predicted octanol–water partition coefficient (Wildman–Crippen LogP) is 7.72. The number of aromatic amines is 1. The molecule has 8 heteroatoms. The quantitative estimate of drug-likeness (QED) is 0.208. The van der Waals surface area contributed by atoms with Crippen LogP contribution in [0.25, 0.3) is 11.3 Å². The van der Waals surface area contributed by atoms with Crippen LogP contribution in [0.15, 0.2) is 97.1 Å². The summed E-state index contributed by atoms with van der Waals surface area (Å²) in [6.07, 6.45) is 0. The average molecular weight is 570 g/mol. The lowest BCUT2D eigenvalue weighted by atomic mass is 9.95. The van der Waals surface area contributed by atoms with Gasteiger partial charge in [0.15, 0.2) is 0 Å². The second kappa shape index (κ2) is 11.1. The van der Waals surface area contributed by atoms with Gasteiger partial charge in [-0.05, 0) is 65.7 Å². The van der Waals surface area contributed by atoms with Gasteiger partial charge in [0.2, 0.25) is 0 Å². The van der Waals surface area contributed by atoms with Gasteiger partial charge in [0.1, 0.15) is 23.8 Å². The van der Waals surface area contributed by atoms with E-state index in [1.54, 1.807) is 7.11 Å². The lowest BCUT2D eigenvalue weighted by molar-refractivity contribution is 0.0730. The number of carbonyl (C=O) groups is 1. The average Bonchev–Trinajstić information content (AvgIpc) is 3.53. The molecule has 0 saturated carbocycles. The van der Waals surface area contributed by atoms with Gasteiger partial charge in [0.05, 0.1) is 18.8 Å². The van der Waals surface area contributed by atoms with Crippen molar-refractivity contribution in [1.29, 1.82) is 0 Å². The van der Waals surface area contributed by atoms with Crippen molar-refractivity contribution in [1.82, 2.24) is 15.1 Å². The molecule has 6 nitrogen and oxygen atoms in total. The number of ether oxygens (including phenoxy) is 2. The minimum absolute atomic E-state index is 0.110. The summed E-state index contributed by atoms with van der Waals surface area (Å²) >= 11 is 12.4. The minimum atomic E-state index is -0.355. The Balaban J connectivity index is 1.35. The lowest BCUT2D eigenvalue weighted by Crippen LogP contribution is -2.29. The molecule has 0 bridgehead atoms. The smallest absolute Gasteiger partial charge is 0.273 e. The summed E-state index contributed by atoms with van der Waals surface area (Å²) in [6.45, 7) is 0.771. The zero-order valence-electron chi connectivity index (χ0n) is 21.6. The van der Waals surface area contributed by atoms with Gasteiger partial charge in [-0.2, -0.15) is 5.10 Å². The highest BCUT2D eigenvalue weighted by atomic mass is 35.5. The second-order valence-corrected chi connectivity index (χ2v) is 10.3. The van der Waals surface area contributed by atoms with Crippen LogP contribution in [0.3, 0.4) is 0 Å². The molecule has 6 rings (SSSR count). The van der Waals surface area contributed by atoms with Gasteiger partial charge in [-0.3, -0.25) is 9.89 Å². The van der Waals surface area contributed by atoms with Crippen LogP contribution in [0.5, 0.6) is 11.5 Å². The summed E-state index contributed by atoms with van der Waals surface area (Å²) in [5.41, 5.74) is 5.79. The normalized spacial score (nSPS) is 14.3. The summed E-state index contributed by atoms with van der Waals surface area (Å²) in [6, 6.07) is 30.3. The molecule has 5 aromatic rings. The molecule has 1 amide bonds. The number of methoxy groups -OCH3 is 1. The maximum Gasteiger partial charge on any atom is 0.273 e. The van der Waals surface area contributed by atoms with Gasteiger partial charge >= 0.3 is 0 Å². The number of nitrogens with zero attached hydrogens (tertiary/aromatic N) is 2. The molecule has 0 spiro atoms. The number of amides is 1. The van der Waals surface area contributed by atoms with E-state index < -0.39 is 0 Å². The number of halogens is 2. The Morgan fingerprint density at radius 1 is 0.875 bits per heavy atom. The first-order chi connectivity index (χ1) is 19.5. The molecule has 0 radical (unpaired) electrons. The Morgan fingerprint density at radius 2 is 1.57 bits per heavy atom. The zero-order chi connectivity index (χ0) is 27.6. The molecule has 0 aliphatic carbocycles. The van der Waals surface area contributed by atoms with E-state index in [0.29, 0.717) is 34.6 Å². The van der Waals surface area contributed by atoms with E-state index in [1.165, 1.54) is 0 Å². The first kappa shape index (κ1) is 26.0. The Hall–Kier alpha value is -4.26. The molecule has 2 heterocycles. The standard InChI is InChI=1S/C32H25Cl2N3O3/c1-39-25-14-8-21(9-15-25)29-28-30(36-35-29)32(38)37(18-20-6-12-24(33)13-7-20)31(28)22-10-16-26(17-11-22)40-19-23-4-2-3-5-27(23)34/h2-17,31H,18-19H2,1H3,(H,35,36). The SMILES string of the molecule is COc1ccc(-c2n[nH]c3c2C(c2ccc(OCc4ccccc4Cl)cc2)N(Cc2ccc(Cl)cc2)C3=O)cc1. The first-order valence-corrected chi connectivity index (χ1v) is 13.5. The summed E-state index contributed by atoms with van der Waals surface area (Å²) in [5.74, 6) is 1.35. The van der Waals surface area contributed by atoms with Crippen LogP contribution in [0.2, 0.25) is 10.0 Å². The van der Waals surface area contributed by atoms with Crippen molar-refractivity contribution in [3.8, 4) is 22.8 Å². The molecule has 4 aromatic carbocycles. The summed E-state index contributed by atoms with van der Waals surface area (Å²) in [5, 5.41) is 8.89. The molecule has 1 unspecified atom stereocenters. The maximum atomic E-state index is 13.7. The fourth-order valence-corrected chi connectivity index (χ4v) is 5.30. The molecule has 1 aromatic heterocycles. The summed E-state index contributed by atoms with van der Waals surface area (Å²) in [7, 11) is 1.63. The highest BCUT2D eigenvalue weighted by molar-refractivity contribution is 6.31. The maximum absolute atomic E-state index is 13.7. The number of benzene rings is 4.